The van der Waals surface area contributed by atoms with Crippen molar-refractivity contribution < 1.29 is 79.2 Å². The van der Waals surface area contributed by atoms with Crippen LogP contribution in [0.2, 0.25) is 0 Å². The summed E-state index contributed by atoms with van der Waals surface area (Å²) >= 11 is 0. The lowest BCUT2D eigenvalue weighted by atomic mass is 9.33. The van der Waals surface area contributed by atoms with Crippen molar-refractivity contribution in [3.8, 4) is 0 Å². The molecule has 0 spiro atoms. The van der Waals surface area contributed by atoms with E-state index in [1.165, 1.54) is 7.11 Å². The number of carbonyl (C=O) groups is 2. The van der Waals surface area contributed by atoms with E-state index in [2.05, 4.69) is 26.8 Å². The van der Waals surface area contributed by atoms with E-state index < -0.39 is 102 Å². The minimum Gasteiger partial charge on any atom is -0.481 e. The highest BCUT2D eigenvalue weighted by Gasteiger charge is 2.71. The van der Waals surface area contributed by atoms with E-state index in [0.717, 1.165) is 12.0 Å². The van der Waals surface area contributed by atoms with E-state index in [0.29, 0.717) is 51.4 Å². The summed E-state index contributed by atoms with van der Waals surface area (Å²) in [6, 6.07) is 0. The fourth-order valence-corrected chi connectivity index (χ4v) is 13.8. The van der Waals surface area contributed by atoms with Crippen LogP contribution in [-0.4, -0.2) is 152 Å². The largest absolute Gasteiger partial charge is 0.481 e. The number of esters is 1. The van der Waals surface area contributed by atoms with E-state index in [4.69, 9.17) is 23.7 Å². The molecule has 4 saturated carbocycles. The zero-order valence-corrected chi connectivity index (χ0v) is 34.5. The molecule has 2 aliphatic heterocycles. The molecule has 16 nitrogen and oxygen atoms in total. The molecule has 0 bridgehead atoms. The van der Waals surface area contributed by atoms with Crippen LogP contribution < -0.4 is 0 Å². The number of hydrogen-bond donors (Lipinski definition) is 9. The van der Waals surface area contributed by atoms with E-state index in [1.807, 2.05) is 13.8 Å². The third kappa shape index (κ3) is 6.29. The molecule has 0 unspecified atom stereocenters. The van der Waals surface area contributed by atoms with Gasteiger partial charge >= 0.3 is 11.9 Å². The van der Waals surface area contributed by atoms with Gasteiger partial charge in [-0.1, -0.05) is 39.3 Å². The van der Waals surface area contributed by atoms with Crippen LogP contribution in [0.15, 0.2) is 11.6 Å². The standard InChI is InChI=1S/C42H66O16/c1-37(36(53)54-6)11-13-42(35(51)52)14-12-40(4)20(21(42)15-37)7-8-26-38(2)16-22(45)32(39(3,19-44)25(38)9-10-41(26,40)5)56-24-18-55-33(30(49)28(24)47)58-34-31(50)29(48)27(46)23(17-43)57-34/h7,21-34,43-50H,8-19H2,1-6H3,(H,51,52)/t21-,22-,23+,24-,25-,26+,27+,28+,29-,30-,31+,32+,33+,34-,37-,38+,39+,40+,41-,42-/m1/s1. The van der Waals surface area contributed by atoms with Gasteiger partial charge in [0.25, 0.3) is 0 Å². The summed E-state index contributed by atoms with van der Waals surface area (Å²) in [6.07, 6.45) is -8.95. The Morgan fingerprint density at radius 3 is 2.12 bits per heavy atom. The van der Waals surface area contributed by atoms with E-state index >= 15 is 0 Å². The minimum absolute atomic E-state index is 0.0487. The molecule has 5 aliphatic carbocycles. The summed E-state index contributed by atoms with van der Waals surface area (Å²) in [5, 5.41) is 96.7. The molecule has 9 N–H and O–H groups in total. The van der Waals surface area contributed by atoms with Crippen molar-refractivity contribution in [1.82, 2.24) is 0 Å². The molecule has 7 rings (SSSR count). The summed E-state index contributed by atoms with van der Waals surface area (Å²) in [5.41, 5.74) is -2.81. The number of allylic oxidation sites excluding steroid dienone is 2. The van der Waals surface area contributed by atoms with Crippen LogP contribution in [0.4, 0.5) is 0 Å². The Balaban J connectivity index is 1.11. The fourth-order valence-electron chi connectivity index (χ4n) is 13.8. The molecule has 2 heterocycles. The van der Waals surface area contributed by atoms with Gasteiger partial charge in [0, 0.05) is 5.41 Å². The Kier molecular flexibility index (Phi) is 11.6. The number of carbonyl (C=O) groups excluding carboxylic acids is 1. The quantitative estimate of drug-likeness (QED) is 0.120. The van der Waals surface area contributed by atoms with Crippen LogP contribution in [-0.2, 0) is 33.3 Å². The van der Waals surface area contributed by atoms with Gasteiger partial charge in [-0.3, -0.25) is 9.59 Å². The number of aliphatic carboxylic acids is 1. The summed E-state index contributed by atoms with van der Waals surface area (Å²) in [6.45, 7) is 9.23. The maximum atomic E-state index is 13.2. The van der Waals surface area contributed by atoms with Crippen molar-refractivity contribution in [2.75, 3.05) is 26.9 Å². The highest BCUT2D eigenvalue weighted by Crippen LogP contribution is 2.76. The van der Waals surface area contributed by atoms with Gasteiger partial charge in [-0.2, -0.15) is 0 Å². The number of aliphatic hydroxyl groups excluding tert-OH is 8. The van der Waals surface area contributed by atoms with Crippen molar-refractivity contribution in [3.05, 3.63) is 11.6 Å². The fraction of sp³-hybridized carbons (Fsp3) is 0.905. The smallest absolute Gasteiger partial charge is 0.311 e. The van der Waals surface area contributed by atoms with Crippen LogP contribution in [0.3, 0.4) is 0 Å². The number of fused-ring (bicyclic) bond motifs is 7. The second-order valence-corrected chi connectivity index (χ2v) is 20.1. The number of carboxylic acid groups (broad SMARTS) is 1. The van der Waals surface area contributed by atoms with Gasteiger partial charge in [0.15, 0.2) is 12.6 Å². The van der Waals surface area contributed by atoms with E-state index in [9.17, 15) is 55.5 Å². The number of rotatable bonds is 8. The molecule has 0 aromatic rings. The summed E-state index contributed by atoms with van der Waals surface area (Å²) < 4.78 is 28.4. The van der Waals surface area contributed by atoms with Gasteiger partial charge < -0.3 is 69.6 Å². The SMILES string of the molecule is COC(=O)[C@]1(C)CC[C@@]2(C(=O)O)CC[C@@]3(C)C(=CC[C@H]4[C@@]5(C)C[C@@H](O)[C@H](O[C@@H]6CO[C@@H](O[C@H]7O[C@@H](CO)[C@H](O)[C@@H](O)[C@@H]7O)[C@H](O)[C@H]6O)[C@@](C)(CO)[C@@H]5CC[C@]43C)[C@H]2C1. The number of hydrogen-bond acceptors (Lipinski definition) is 15. The molecule has 0 amide bonds. The molecule has 20 atom stereocenters. The molecule has 330 valence electrons. The highest BCUT2D eigenvalue weighted by molar-refractivity contribution is 5.80. The van der Waals surface area contributed by atoms with Crippen molar-refractivity contribution in [3.63, 3.8) is 0 Å². The van der Waals surface area contributed by atoms with Crippen LogP contribution in [0.5, 0.6) is 0 Å². The lowest BCUT2D eigenvalue weighted by molar-refractivity contribution is -0.371. The lowest BCUT2D eigenvalue weighted by Crippen LogP contribution is -2.69. The van der Waals surface area contributed by atoms with Crippen molar-refractivity contribution in [2.45, 2.75) is 160 Å². The maximum Gasteiger partial charge on any atom is 0.311 e. The average Bonchev–Trinajstić information content (AvgIpc) is 3.18. The Hall–Kier alpha value is -1.80. The first-order valence-electron chi connectivity index (χ1n) is 21.0. The number of methoxy groups -OCH3 is 1. The van der Waals surface area contributed by atoms with Gasteiger partial charge in [0.1, 0.15) is 42.7 Å². The van der Waals surface area contributed by atoms with Crippen molar-refractivity contribution in [2.24, 2.45) is 50.2 Å². The monoisotopic (exact) mass is 826 g/mol. The molecule has 7 aliphatic rings. The summed E-state index contributed by atoms with van der Waals surface area (Å²) in [7, 11) is 1.38. The van der Waals surface area contributed by atoms with Crippen molar-refractivity contribution in [1.29, 1.82) is 0 Å². The first kappa shape index (κ1) is 44.3. The Labute approximate surface area is 339 Å². The van der Waals surface area contributed by atoms with Gasteiger partial charge in [-0.05, 0) is 98.7 Å². The molecule has 58 heavy (non-hydrogen) atoms. The third-order valence-electron chi connectivity index (χ3n) is 17.4. The van der Waals surface area contributed by atoms with Crippen LogP contribution in [0.1, 0.15) is 92.4 Å². The predicted octanol–water partition coefficient (Wildman–Crippen LogP) is 0.617. The minimum atomic E-state index is -1.76. The predicted molar refractivity (Wildman–Crippen MR) is 201 cm³/mol. The van der Waals surface area contributed by atoms with E-state index in [1.54, 1.807) is 0 Å². The number of ether oxygens (including phenoxy) is 5. The summed E-state index contributed by atoms with van der Waals surface area (Å²) in [5.74, 6) is -1.54. The van der Waals surface area contributed by atoms with Gasteiger partial charge in [0.05, 0.1) is 50.0 Å². The van der Waals surface area contributed by atoms with Crippen molar-refractivity contribution >= 4 is 11.9 Å². The van der Waals surface area contributed by atoms with Gasteiger partial charge in [0.2, 0.25) is 0 Å². The number of aliphatic hydroxyl groups is 8. The van der Waals surface area contributed by atoms with Gasteiger partial charge in [-0.25, -0.2) is 0 Å². The van der Waals surface area contributed by atoms with Gasteiger partial charge in [-0.15, -0.1) is 0 Å². The molecule has 0 aromatic carbocycles. The normalized spacial score (nSPS) is 54.2. The Morgan fingerprint density at radius 1 is 0.810 bits per heavy atom. The first-order valence-corrected chi connectivity index (χ1v) is 21.0. The van der Waals surface area contributed by atoms with Crippen LogP contribution >= 0.6 is 0 Å². The molecule has 6 fully saturated rings. The third-order valence-corrected chi connectivity index (χ3v) is 17.4. The second kappa shape index (κ2) is 15.2. The Morgan fingerprint density at radius 2 is 1.48 bits per heavy atom. The molecule has 0 aromatic heterocycles. The van der Waals surface area contributed by atoms with E-state index in [-0.39, 0.29) is 47.8 Å². The zero-order valence-electron chi connectivity index (χ0n) is 34.5. The zero-order chi connectivity index (χ0) is 42.5. The molecule has 0 radical (unpaired) electrons. The topological polar surface area (TPSA) is 262 Å². The summed E-state index contributed by atoms with van der Waals surface area (Å²) in [4.78, 5) is 26.3. The van der Waals surface area contributed by atoms with Crippen LogP contribution in [0.25, 0.3) is 0 Å². The molecular weight excluding hydrogens is 760 g/mol. The second-order valence-electron chi connectivity index (χ2n) is 20.1. The maximum absolute atomic E-state index is 13.2. The lowest BCUT2D eigenvalue weighted by Gasteiger charge is -2.71. The highest BCUT2D eigenvalue weighted by atomic mass is 16.8. The van der Waals surface area contributed by atoms with Crippen LogP contribution in [0, 0.1) is 50.2 Å². The average molecular weight is 827 g/mol. The Bertz CT molecular complexity index is 1610. The molecule has 16 heteroatoms. The first-order chi connectivity index (χ1) is 27.1. The number of carboxylic acids is 1. The molecule has 2 saturated heterocycles. The molecular formula is C42H66O16.